The Balaban J connectivity index is 2.06. The van der Waals surface area contributed by atoms with Gasteiger partial charge in [-0.2, -0.15) is 11.8 Å². The Morgan fingerprint density at radius 3 is 2.80 bits per heavy atom. The van der Waals surface area contributed by atoms with Gasteiger partial charge in [-0.3, -0.25) is 4.99 Å². The number of benzene rings is 1. The summed E-state index contributed by atoms with van der Waals surface area (Å²) in [6.45, 7) is 0. The summed E-state index contributed by atoms with van der Waals surface area (Å²) in [4.78, 5) is 4.58. The van der Waals surface area contributed by atoms with Crippen LogP contribution in [0, 0.1) is 0 Å². The van der Waals surface area contributed by atoms with Gasteiger partial charge in [-0.15, -0.1) is 0 Å². The highest BCUT2D eigenvalue weighted by Crippen LogP contribution is 2.19. The molecule has 0 radical (unpaired) electrons. The Labute approximate surface area is 95.0 Å². The van der Waals surface area contributed by atoms with E-state index in [-0.39, 0.29) is 0 Å². The van der Waals surface area contributed by atoms with Crippen LogP contribution in [0.5, 0.6) is 0 Å². The largest absolute Gasteiger partial charge is 0.383 e. The molecular weight excluding hydrogens is 204 g/mol. The molecule has 3 heteroatoms. The molecule has 1 aromatic rings. The Kier molecular flexibility index (Phi) is 3.67. The maximum atomic E-state index is 5.97. The highest BCUT2D eigenvalue weighted by Gasteiger charge is 2.12. The quantitative estimate of drug-likeness (QED) is 0.613. The van der Waals surface area contributed by atoms with Gasteiger partial charge in [-0.05, 0) is 18.6 Å². The molecule has 2 rings (SSSR count). The summed E-state index contributed by atoms with van der Waals surface area (Å²) in [5.41, 5.74) is 7.00. The molecule has 1 saturated heterocycles. The monoisotopic (exact) mass is 220 g/mol. The van der Waals surface area contributed by atoms with E-state index in [0.717, 1.165) is 11.3 Å². The average Bonchev–Trinajstić information content (AvgIpc) is 2.31. The van der Waals surface area contributed by atoms with Crippen LogP contribution in [0.3, 0.4) is 0 Å². The van der Waals surface area contributed by atoms with Crippen molar-refractivity contribution in [3.8, 4) is 0 Å². The van der Waals surface area contributed by atoms with Gasteiger partial charge in [0.25, 0.3) is 0 Å². The van der Waals surface area contributed by atoms with Crippen molar-refractivity contribution in [1.29, 1.82) is 0 Å². The molecule has 80 valence electrons. The Morgan fingerprint density at radius 1 is 1.33 bits per heavy atom. The number of hydrogen-bond acceptors (Lipinski definition) is 2. The molecule has 0 bridgehead atoms. The zero-order valence-electron chi connectivity index (χ0n) is 8.73. The van der Waals surface area contributed by atoms with Crippen LogP contribution in [0.1, 0.15) is 18.4 Å². The highest BCUT2D eigenvalue weighted by molar-refractivity contribution is 7.99. The van der Waals surface area contributed by atoms with Crippen molar-refractivity contribution in [1.82, 2.24) is 0 Å². The van der Waals surface area contributed by atoms with Gasteiger partial charge in [0, 0.05) is 11.3 Å². The number of thioether (sulfide) groups is 1. The lowest BCUT2D eigenvalue weighted by molar-refractivity contribution is 0.650. The third-order valence-electron chi connectivity index (χ3n) is 2.53. The summed E-state index contributed by atoms with van der Waals surface area (Å²) in [7, 11) is 0. The smallest absolute Gasteiger partial charge is 0.125 e. The van der Waals surface area contributed by atoms with Crippen molar-refractivity contribution >= 4 is 17.6 Å². The van der Waals surface area contributed by atoms with E-state index in [9.17, 15) is 0 Å². The summed E-state index contributed by atoms with van der Waals surface area (Å²) < 4.78 is 0. The zero-order valence-corrected chi connectivity index (χ0v) is 9.54. The molecule has 0 aliphatic carbocycles. The lowest BCUT2D eigenvalue weighted by atomic mass is 10.1. The number of rotatable bonds is 2. The molecule has 0 aromatic heterocycles. The van der Waals surface area contributed by atoms with Crippen LogP contribution < -0.4 is 5.73 Å². The van der Waals surface area contributed by atoms with E-state index in [0.29, 0.717) is 11.9 Å². The van der Waals surface area contributed by atoms with E-state index in [1.165, 1.54) is 18.6 Å². The summed E-state index contributed by atoms with van der Waals surface area (Å²) in [5, 5.41) is 0. The SMILES string of the molecule is NC(=NC1CCCSC1)c1ccccc1. The normalized spacial score (nSPS) is 22.7. The third-order valence-corrected chi connectivity index (χ3v) is 3.73. The summed E-state index contributed by atoms with van der Waals surface area (Å²) in [5.74, 6) is 3.08. The maximum absolute atomic E-state index is 5.97. The van der Waals surface area contributed by atoms with E-state index >= 15 is 0 Å². The molecular formula is C12H16N2S. The molecule has 1 atom stereocenters. The molecule has 2 nitrogen and oxygen atoms in total. The van der Waals surface area contributed by atoms with Gasteiger partial charge in [0.15, 0.2) is 0 Å². The number of amidine groups is 1. The van der Waals surface area contributed by atoms with Crippen molar-refractivity contribution in [3.05, 3.63) is 35.9 Å². The van der Waals surface area contributed by atoms with E-state index in [4.69, 9.17) is 5.73 Å². The van der Waals surface area contributed by atoms with Crippen LogP contribution >= 0.6 is 11.8 Å². The van der Waals surface area contributed by atoms with E-state index in [1.54, 1.807) is 0 Å². The third kappa shape index (κ3) is 2.99. The van der Waals surface area contributed by atoms with E-state index < -0.39 is 0 Å². The Hall–Kier alpha value is -0.960. The Bertz CT molecular complexity index is 329. The Morgan fingerprint density at radius 2 is 2.13 bits per heavy atom. The molecule has 1 aliphatic rings. The topological polar surface area (TPSA) is 38.4 Å². The first-order valence-corrected chi connectivity index (χ1v) is 6.48. The van der Waals surface area contributed by atoms with Gasteiger partial charge in [0.05, 0.1) is 6.04 Å². The zero-order chi connectivity index (χ0) is 10.5. The van der Waals surface area contributed by atoms with Crippen LogP contribution in [-0.2, 0) is 0 Å². The molecule has 15 heavy (non-hydrogen) atoms. The number of nitrogens with zero attached hydrogens (tertiary/aromatic N) is 1. The molecule has 1 aromatic carbocycles. The van der Waals surface area contributed by atoms with Crippen molar-refractivity contribution in [3.63, 3.8) is 0 Å². The van der Waals surface area contributed by atoms with Gasteiger partial charge < -0.3 is 5.73 Å². The van der Waals surface area contributed by atoms with Crippen molar-refractivity contribution in [2.45, 2.75) is 18.9 Å². The van der Waals surface area contributed by atoms with Crippen LogP contribution in [0.25, 0.3) is 0 Å². The first-order valence-electron chi connectivity index (χ1n) is 5.33. The van der Waals surface area contributed by atoms with E-state index in [1.807, 2.05) is 42.1 Å². The fourth-order valence-electron chi connectivity index (χ4n) is 1.71. The summed E-state index contributed by atoms with van der Waals surface area (Å²) >= 11 is 1.98. The molecule has 1 aliphatic heterocycles. The fraction of sp³-hybridized carbons (Fsp3) is 0.417. The van der Waals surface area contributed by atoms with Crippen LogP contribution in [0.4, 0.5) is 0 Å². The minimum absolute atomic E-state index is 0.420. The van der Waals surface area contributed by atoms with Crippen molar-refractivity contribution < 1.29 is 0 Å². The molecule has 1 heterocycles. The summed E-state index contributed by atoms with van der Waals surface area (Å²) in [6, 6.07) is 10.4. The lowest BCUT2D eigenvalue weighted by Crippen LogP contribution is -2.21. The molecule has 1 unspecified atom stereocenters. The van der Waals surface area contributed by atoms with Crippen molar-refractivity contribution in [2.75, 3.05) is 11.5 Å². The first kappa shape index (κ1) is 10.6. The minimum Gasteiger partial charge on any atom is -0.383 e. The lowest BCUT2D eigenvalue weighted by Gasteiger charge is -2.18. The van der Waals surface area contributed by atoms with E-state index in [2.05, 4.69) is 4.99 Å². The predicted molar refractivity (Wildman–Crippen MR) is 67.5 cm³/mol. The second-order valence-corrected chi connectivity index (χ2v) is 4.90. The number of nitrogens with two attached hydrogens (primary N) is 1. The first-order chi connectivity index (χ1) is 7.36. The predicted octanol–water partition coefficient (Wildman–Crippen LogP) is 2.29. The number of aliphatic imine (C=N–C) groups is 1. The molecule has 2 N–H and O–H groups in total. The van der Waals surface area contributed by atoms with Crippen LogP contribution in [0.2, 0.25) is 0 Å². The van der Waals surface area contributed by atoms with Crippen molar-refractivity contribution in [2.24, 2.45) is 10.7 Å². The number of hydrogen-bond donors (Lipinski definition) is 1. The second-order valence-electron chi connectivity index (χ2n) is 3.75. The van der Waals surface area contributed by atoms with Crippen LogP contribution in [0.15, 0.2) is 35.3 Å². The maximum Gasteiger partial charge on any atom is 0.125 e. The molecule has 0 spiro atoms. The molecule has 1 fully saturated rings. The molecule has 0 saturated carbocycles. The minimum atomic E-state index is 0.420. The second kappa shape index (κ2) is 5.21. The average molecular weight is 220 g/mol. The van der Waals surface area contributed by atoms with Gasteiger partial charge in [-0.25, -0.2) is 0 Å². The fourth-order valence-corrected chi connectivity index (χ4v) is 2.76. The standard InChI is InChI=1S/C12H16N2S/c13-12(10-5-2-1-3-6-10)14-11-7-4-8-15-9-11/h1-3,5-6,11H,4,7-9H2,(H2,13,14). The van der Waals surface area contributed by atoms with Gasteiger partial charge in [0.1, 0.15) is 5.84 Å². The van der Waals surface area contributed by atoms with Gasteiger partial charge >= 0.3 is 0 Å². The summed E-state index contributed by atoms with van der Waals surface area (Å²) in [6.07, 6.45) is 2.45. The highest BCUT2D eigenvalue weighted by atomic mass is 32.2. The molecule has 0 amide bonds. The van der Waals surface area contributed by atoms with Gasteiger partial charge in [-0.1, -0.05) is 30.3 Å². The van der Waals surface area contributed by atoms with Crippen LogP contribution in [-0.4, -0.2) is 23.4 Å². The van der Waals surface area contributed by atoms with Gasteiger partial charge in [0.2, 0.25) is 0 Å².